The maximum absolute atomic E-state index is 12.5. The maximum Gasteiger partial charge on any atom is 0.255 e. The van der Waals surface area contributed by atoms with E-state index in [1.165, 1.54) is 0 Å². The monoisotopic (exact) mass is 392 g/mol. The van der Waals surface area contributed by atoms with Crippen LogP contribution in [0.25, 0.3) is 0 Å². The first kappa shape index (κ1) is 18.5. The van der Waals surface area contributed by atoms with Crippen LogP contribution >= 0.6 is 23.2 Å². The Morgan fingerprint density at radius 2 is 1.81 bits per heavy atom. The van der Waals surface area contributed by atoms with Gasteiger partial charge < -0.3 is 15.1 Å². The summed E-state index contributed by atoms with van der Waals surface area (Å²) in [4.78, 5) is 32.2. The molecule has 0 aliphatic carbocycles. The van der Waals surface area contributed by atoms with Crippen molar-refractivity contribution in [3.8, 4) is 0 Å². The molecule has 0 unspecified atom stereocenters. The number of amides is 2. The first-order valence-electron chi connectivity index (χ1n) is 8.17. The summed E-state index contributed by atoms with van der Waals surface area (Å²) in [5.41, 5.74) is 0.976. The van der Waals surface area contributed by atoms with Gasteiger partial charge >= 0.3 is 0 Å². The molecule has 1 aromatic heterocycles. The smallest absolute Gasteiger partial charge is 0.255 e. The average molecular weight is 393 g/mol. The number of pyridine rings is 1. The number of carbonyl (C=O) groups excluding carboxylic acids is 2. The topological polar surface area (TPSA) is 65.5 Å². The predicted octanol–water partition coefficient (Wildman–Crippen LogP) is 3.31. The SMILES string of the molecule is CC(=O)N1CCN(c2cc(C(=O)Nc3ccc(Cl)cc3Cl)ccn2)CC1. The fourth-order valence-corrected chi connectivity index (χ4v) is 3.22. The number of anilines is 2. The van der Waals surface area contributed by atoms with Gasteiger partial charge in [0.05, 0.1) is 10.7 Å². The molecule has 0 radical (unpaired) electrons. The Kier molecular flexibility index (Phi) is 5.64. The second kappa shape index (κ2) is 7.93. The van der Waals surface area contributed by atoms with Crippen LogP contribution in [0.4, 0.5) is 11.5 Å². The molecule has 3 rings (SSSR count). The lowest BCUT2D eigenvalue weighted by Crippen LogP contribution is -2.48. The number of rotatable bonds is 3. The van der Waals surface area contributed by atoms with Crippen LogP contribution < -0.4 is 10.2 Å². The molecule has 1 aliphatic rings. The highest BCUT2D eigenvalue weighted by atomic mass is 35.5. The van der Waals surface area contributed by atoms with E-state index < -0.39 is 0 Å². The molecule has 1 aliphatic heterocycles. The minimum Gasteiger partial charge on any atom is -0.353 e. The molecule has 6 nitrogen and oxygen atoms in total. The standard InChI is InChI=1S/C18H18Cl2N4O2/c1-12(25)23-6-8-24(9-7-23)17-10-13(4-5-21-17)18(26)22-16-3-2-14(19)11-15(16)20/h2-5,10-11H,6-9H2,1H3,(H,22,26). The van der Waals surface area contributed by atoms with E-state index in [0.717, 1.165) is 0 Å². The van der Waals surface area contributed by atoms with Gasteiger partial charge in [-0.15, -0.1) is 0 Å². The summed E-state index contributed by atoms with van der Waals surface area (Å²) in [5, 5.41) is 3.66. The van der Waals surface area contributed by atoms with Crippen molar-refractivity contribution in [2.45, 2.75) is 6.92 Å². The number of hydrogen-bond donors (Lipinski definition) is 1. The fourth-order valence-electron chi connectivity index (χ4n) is 2.77. The van der Waals surface area contributed by atoms with Gasteiger partial charge in [0.15, 0.2) is 0 Å². The molecular formula is C18H18Cl2N4O2. The third kappa shape index (κ3) is 4.26. The van der Waals surface area contributed by atoms with Crippen molar-refractivity contribution < 1.29 is 9.59 Å². The molecule has 8 heteroatoms. The molecule has 1 N–H and O–H groups in total. The van der Waals surface area contributed by atoms with Gasteiger partial charge in [-0.1, -0.05) is 23.2 Å². The molecule has 1 fully saturated rings. The molecule has 0 saturated carbocycles. The summed E-state index contributed by atoms with van der Waals surface area (Å²) in [7, 11) is 0. The number of benzene rings is 1. The van der Waals surface area contributed by atoms with Crippen molar-refractivity contribution >= 4 is 46.5 Å². The molecular weight excluding hydrogens is 375 g/mol. The number of aromatic nitrogens is 1. The summed E-state index contributed by atoms with van der Waals surface area (Å²) < 4.78 is 0. The fraction of sp³-hybridized carbons (Fsp3) is 0.278. The van der Waals surface area contributed by atoms with Crippen LogP contribution in [0, 0.1) is 0 Å². The van der Waals surface area contributed by atoms with Gasteiger partial charge in [0.1, 0.15) is 5.82 Å². The van der Waals surface area contributed by atoms with Gasteiger partial charge in [0.25, 0.3) is 5.91 Å². The van der Waals surface area contributed by atoms with Crippen molar-refractivity contribution in [3.05, 3.63) is 52.1 Å². The largest absolute Gasteiger partial charge is 0.353 e. The van der Waals surface area contributed by atoms with Crippen LogP contribution in [0.5, 0.6) is 0 Å². The highest BCUT2D eigenvalue weighted by Crippen LogP contribution is 2.26. The zero-order valence-corrected chi connectivity index (χ0v) is 15.7. The van der Waals surface area contributed by atoms with E-state index in [4.69, 9.17) is 23.2 Å². The van der Waals surface area contributed by atoms with Crippen LogP contribution in [-0.4, -0.2) is 47.9 Å². The van der Waals surface area contributed by atoms with Crippen LogP contribution in [0.2, 0.25) is 10.0 Å². The second-order valence-corrected chi connectivity index (χ2v) is 6.82. The van der Waals surface area contributed by atoms with E-state index in [1.54, 1.807) is 48.4 Å². The third-order valence-electron chi connectivity index (χ3n) is 4.24. The lowest BCUT2D eigenvalue weighted by molar-refractivity contribution is -0.129. The predicted molar refractivity (Wildman–Crippen MR) is 103 cm³/mol. The molecule has 1 aromatic carbocycles. The number of carbonyl (C=O) groups is 2. The lowest BCUT2D eigenvalue weighted by atomic mass is 10.2. The van der Waals surface area contributed by atoms with Crippen LogP contribution in [0.15, 0.2) is 36.5 Å². The number of hydrogen-bond acceptors (Lipinski definition) is 4. The Labute approximate surface area is 161 Å². The summed E-state index contributed by atoms with van der Waals surface area (Å²) in [6, 6.07) is 8.28. The Balaban J connectivity index is 1.71. The highest BCUT2D eigenvalue weighted by molar-refractivity contribution is 6.36. The second-order valence-electron chi connectivity index (χ2n) is 5.97. The van der Waals surface area contributed by atoms with Crippen LogP contribution in [0.1, 0.15) is 17.3 Å². The molecule has 0 bridgehead atoms. The Hall–Kier alpha value is -2.31. The summed E-state index contributed by atoms with van der Waals surface area (Å²) in [5.74, 6) is 0.508. The zero-order valence-electron chi connectivity index (χ0n) is 14.2. The van der Waals surface area contributed by atoms with Crippen molar-refractivity contribution in [1.29, 1.82) is 0 Å². The van der Waals surface area contributed by atoms with Crippen molar-refractivity contribution in [1.82, 2.24) is 9.88 Å². The Morgan fingerprint density at radius 3 is 2.46 bits per heavy atom. The van der Waals surface area contributed by atoms with Gasteiger partial charge in [-0.3, -0.25) is 9.59 Å². The minimum absolute atomic E-state index is 0.0746. The average Bonchev–Trinajstić information content (AvgIpc) is 2.64. The van der Waals surface area contributed by atoms with Crippen molar-refractivity contribution in [3.63, 3.8) is 0 Å². The number of nitrogens with zero attached hydrogens (tertiary/aromatic N) is 3. The van der Waals surface area contributed by atoms with E-state index in [9.17, 15) is 9.59 Å². The Bertz CT molecular complexity index is 836. The first-order valence-corrected chi connectivity index (χ1v) is 8.92. The number of nitrogens with one attached hydrogen (secondary N) is 1. The highest BCUT2D eigenvalue weighted by Gasteiger charge is 2.20. The normalized spacial score (nSPS) is 14.3. The molecule has 26 heavy (non-hydrogen) atoms. The van der Waals surface area contributed by atoms with E-state index in [1.807, 2.05) is 0 Å². The quantitative estimate of drug-likeness (QED) is 0.869. The van der Waals surface area contributed by atoms with E-state index in [0.29, 0.717) is 53.3 Å². The van der Waals surface area contributed by atoms with Crippen molar-refractivity contribution in [2.75, 3.05) is 36.4 Å². The summed E-state index contributed by atoms with van der Waals surface area (Å²) in [6.45, 7) is 4.23. The molecule has 2 amide bonds. The molecule has 136 valence electrons. The summed E-state index contributed by atoms with van der Waals surface area (Å²) in [6.07, 6.45) is 1.60. The molecule has 0 spiro atoms. The zero-order chi connectivity index (χ0) is 18.7. The number of halogens is 2. The molecule has 2 aromatic rings. The van der Waals surface area contributed by atoms with E-state index in [-0.39, 0.29) is 11.8 Å². The van der Waals surface area contributed by atoms with Gasteiger partial charge in [0.2, 0.25) is 5.91 Å². The van der Waals surface area contributed by atoms with Gasteiger partial charge in [-0.2, -0.15) is 0 Å². The summed E-state index contributed by atoms with van der Waals surface area (Å²) >= 11 is 12.0. The first-order chi connectivity index (χ1) is 12.4. The number of piperazine rings is 1. The minimum atomic E-state index is -0.278. The van der Waals surface area contributed by atoms with Gasteiger partial charge in [-0.05, 0) is 30.3 Å². The lowest BCUT2D eigenvalue weighted by Gasteiger charge is -2.35. The van der Waals surface area contributed by atoms with Crippen LogP contribution in [0.3, 0.4) is 0 Å². The van der Waals surface area contributed by atoms with Gasteiger partial charge in [0, 0.05) is 49.9 Å². The molecule has 1 saturated heterocycles. The van der Waals surface area contributed by atoms with E-state index >= 15 is 0 Å². The molecule has 0 atom stereocenters. The van der Waals surface area contributed by atoms with Gasteiger partial charge in [-0.25, -0.2) is 4.98 Å². The third-order valence-corrected chi connectivity index (χ3v) is 4.78. The van der Waals surface area contributed by atoms with Crippen molar-refractivity contribution in [2.24, 2.45) is 0 Å². The maximum atomic E-state index is 12.5. The van der Waals surface area contributed by atoms with Crippen LogP contribution in [-0.2, 0) is 4.79 Å². The Morgan fingerprint density at radius 1 is 1.08 bits per heavy atom. The molecule has 2 heterocycles. The van der Waals surface area contributed by atoms with E-state index in [2.05, 4.69) is 15.2 Å².